The van der Waals surface area contributed by atoms with Gasteiger partial charge in [-0.25, -0.2) is 4.98 Å². The van der Waals surface area contributed by atoms with E-state index in [9.17, 15) is 0 Å². The molecule has 1 aromatic heterocycles. The fraction of sp³-hybridized carbons (Fsp3) is 0.133. The molecule has 0 radical (unpaired) electrons. The normalized spacial score (nSPS) is 10.4. The van der Waals surface area contributed by atoms with Gasteiger partial charge in [-0.2, -0.15) is 0 Å². The molecule has 1 N–H and O–H groups in total. The van der Waals surface area contributed by atoms with Crippen molar-refractivity contribution in [1.82, 2.24) is 9.97 Å². The van der Waals surface area contributed by atoms with Crippen LogP contribution >= 0.6 is 0 Å². The monoisotopic (exact) mass is 263 g/mol. The SMILES string of the molecule is [N-]=[N+]=NCCc1ccc2nc(-c3ccccc3)[nH]c2c1. The highest BCUT2D eigenvalue weighted by molar-refractivity contribution is 5.80. The van der Waals surface area contributed by atoms with Gasteiger partial charge in [-0.15, -0.1) is 0 Å². The predicted molar refractivity (Wildman–Crippen MR) is 79.2 cm³/mol. The molecule has 0 atom stereocenters. The fourth-order valence-corrected chi connectivity index (χ4v) is 2.17. The second-order valence-electron chi connectivity index (χ2n) is 4.51. The summed E-state index contributed by atoms with van der Waals surface area (Å²) in [5, 5.41) is 3.55. The number of nitrogens with zero attached hydrogens (tertiary/aromatic N) is 4. The number of benzene rings is 2. The van der Waals surface area contributed by atoms with Crippen molar-refractivity contribution in [3.63, 3.8) is 0 Å². The third kappa shape index (κ3) is 2.48. The van der Waals surface area contributed by atoms with Gasteiger partial charge in [-0.05, 0) is 29.6 Å². The van der Waals surface area contributed by atoms with Gasteiger partial charge in [0.05, 0.1) is 11.0 Å². The topological polar surface area (TPSA) is 77.4 Å². The summed E-state index contributed by atoms with van der Waals surface area (Å²) in [6, 6.07) is 16.1. The molecular formula is C15H13N5. The van der Waals surface area contributed by atoms with Gasteiger partial charge in [0, 0.05) is 17.0 Å². The molecule has 3 rings (SSSR count). The van der Waals surface area contributed by atoms with E-state index in [-0.39, 0.29) is 0 Å². The summed E-state index contributed by atoms with van der Waals surface area (Å²) >= 11 is 0. The van der Waals surface area contributed by atoms with Crippen LogP contribution < -0.4 is 0 Å². The summed E-state index contributed by atoms with van der Waals surface area (Å²) in [7, 11) is 0. The number of fused-ring (bicyclic) bond motifs is 1. The first-order valence-electron chi connectivity index (χ1n) is 6.42. The standard InChI is InChI=1S/C15H13N5/c16-20-17-9-8-11-6-7-13-14(10-11)19-15(18-13)12-4-2-1-3-5-12/h1-7,10H,8-9H2,(H,18,19). The van der Waals surface area contributed by atoms with Crippen molar-refractivity contribution < 1.29 is 0 Å². The predicted octanol–water partition coefficient (Wildman–Crippen LogP) is 4.08. The van der Waals surface area contributed by atoms with E-state index >= 15 is 0 Å². The van der Waals surface area contributed by atoms with E-state index in [1.165, 1.54) is 0 Å². The van der Waals surface area contributed by atoms with Gasteiger partial charge >= 0.3 is 0 Å². The lowest BCUT2D eigenvalue weighted by Crippen LogP contribution is -1.87. The molecule has 0 bridgehead atoms. The maximum absolute atomic E-state index is 8.29. The average Bonchev–Trinajstić information content (AvgIpc) is 2.92. The van der Waals surface area contributed by atoms with Gasteiger partial charge < -0.3 is 4.98 Å². The number of imidazole rings is 1. The second-order valence-corrected chi connectivity index (χ2v) is 4.51. The summed E-state index contributed by atoms with van der Waals surface area (Å²) in [4.78, 5) is 10.7. The number of aromatic nitrogens is 2. The number of rotatable bonds is 4. The number of nitrogens with one attached hydrogen (secondary N) is 1. The van der Waals surface area contributed by atoms with Crippen LogP contribution in [0.25, 0.3) is 32.9 Å². The summed E-state index contributed by atoms with van der Waals surface area (Å²) in [5.74, 6) is 0.868. The minimum absolute atomic E-state index is 0.474. The van der Waals surface area contributed by atoms with E-state index in [4.69, 9.17) is 5.53 Å². The molecule has 0 spiro atoms. The molecule has 20 heavy (non-hydrogen) atoms. The van der Waals surface area contributed by atoms with Crippen LogP contribution in [0.5, 0.6) is 0 Å². The van der Waals surface area contributed by atoms with E-state index in [1.54, 1.807) is 0 Å². The first-order valence-corrected chi connectivity index (χ1v) is 6.42. The van der Waals surface area contributed by atoms with Crippen LogP contribution in [0.3, 0.4) is 0 Å². The van der Waals surface area contributed by atoms with Crippen molar-refractivity contribution in [3.05, 3.63) is 64.5 Å². The minimum Gasteiger partial charge on any atom is -0.338 e. The molecule has 3 aromatic rings. The van der Waals surface area contributed by atoms with Crippen molar-refractivity contribution in [2.45, 2.75) is 6.42 Å². The molecule has 0 fully saturated rings. The molecule has 0 aliphatic rings. The Morgan fingerprint density at radius 2 is 2.00 bits per heavy atom. The van der Waals surface area contributed by atoms with E-state index in [2.05, 4.69) is 26.1 Å². The van der Waals surface area contributed by atoms with E-state index in [0.717, 1.165) is 34.4 Å². The third-order valence-electron chi connectivity index (χ3n) is 3.16. The first-order chi connectivity index (χ1) is 9.86. The Balaban J connectivity index is 1.93. The molecule has 0 aliphatic carbocycles. The summed E-state index contributed by atoms with van der Waals surface area (Å²) in [6.45, 7) is 0.474. The van der Waals surface area contributed by atoms with Crippen molar-refractivity contribution in [2.24, 2.45) is 5.11 Å². The van der Waals surface area contributed by atoms with Crippen LogP contribution in [-0.2, 0) is 6.42 Å². The zero-order valence-electron chi connectivity index (χ0n) is 10.8. The van der Waals surface area contributed by atoms with E-state index < -0.39 is 0 Å². The molecule has 5 nitrogen and oxygen atoms in total. The molecule has 1 heterocycles. The molecule has 0 amide bonds. The molecule has 0 unspecified atom stereocenters. The number of azide groups is 1. The molecule has 0 saturated heterocycles. The number of H-pyrrole nitrogens is 1. The molecule has 0 aliphatic heterocycles. The highest BCUT2D eigenvalue weighted by Crippen LogP contribution is 2.21. The van der Waals surface area contributed by atoms with Crippen molar-refractivity contribution in [2.75, 3.05) is 6.54 Å². The van der Waals surface area contributed by atoms with Gasteiger partial charge in [0.15, 0.2) is 0 Å². The number of hydrogen-bond donors (Lipinski definition) is 1. The van der Waals surface area contributed by atoms with Crippen molar-refractivity contribution >= 4 is 11.0 Å². The minimum atomic E-state index is 0.474. The average molecular weight is 263 g/mol. The Labute approximate surface area is 115 Å². The van der Waals surface area contributed by atoms with Gasteiger partial charge in [0.1, 0.15) is 5.82 Å². The summed E-state index contributed by atoms with van der Waals surface area (Å²) in [6.07, 6.45) is 0.736. The van der Waals surface area contributed by atoms with Crippen molar-refractivity contribution in [3.8, 4) is 11.4 Å². The first kappa shape index (κ1) is 12.3. The molecule has 0 saturated carbocycles. The van der Waals surface area contributed by atoms with Crippen LogP contribution in [0.4, 0.5) is 0 Å². The van der Waals surface area contributed by atoms with Crippen LogP contribution in [0.1, 0.15) is 5.56 Å². The van der Waals surface area contributed by atoms with Gasteiger partial charge in [-0.3, -0.25) is 0 Å². The van der Waals surface area contributed by atoms with Gasteiger partial charge in [0.2, 0.25) is 0 Å². The Kier molecular flexibility index (Phi) is 3.35. The van der Waals surface area contributed by atoms with Crippen molar-refractivity contribution in [1.29, 1.82) is 0 Å². The highest BCUT2D eigenvalue weighted by atomic mass is 15.1. The van der Waals surface area contributed by atoms with Crippen LogP contribution in [0.2, 0.25) is 0 Å². The van der Waals surface area contributed by atoms with Gasteiger partial charge in [0.25, 0.3) is 0 Å². The smallest absolute Gasteiger partial charge is 0.138 e. The molecular weight excluding hydrogens is 250 g/mol. The number of hydrogen-bond acceptors (Lipinski definition) is 2. The Bertz CT molecular complexity index is 769. The summed E-state index contributed by atoms with van der Waals surface area (Å²) in [5.41, 5.74) is 12.4. The molecule has 2 aromatic carbocycles. The quantitative estimate of drug-likeness (QED) is 0.429. The van der Waals surface area contributed by atoms with Crippen LogP contribution in [0.15, 0.2) is 53.6 Å². The highest BCUT2D eigenvalue weighted by Gasteiger charge is 2.05. The molecule has 98 valence electrons. The zero-order valence-corrected chi connectivity index (χ0v) is 10.8. The number of aromatic amines is 1. The lowest BCUT2D eigenvalue weighted by atomic mass is 10.1. The van der Waals surface area contributed by atoms with Gasteiger partial charge in [-0.1, -0.05) is 41.5 Å². The molecule has 5 heteroatoms. The zero-order chi connectivity index (χ0) is 13.8. The Hall–Kier alpha value is -2.78. The lowest BCUT2D eigenvalue weighted by molar-refractivity contribution is 0.958. The Morgan fingerprint density at radius 3 is 2.80 bits per heavy atom. The second kappa shape index (κ2) is 5.47. The Morgan fingerprint density at radius 1 is 1.15 bits per heavy atom. The third-order valence-corrected chi connectivity index (χ3v) is 3.16. The van der Waals surface area contributed by atoms with Crippen LogP contribution in [0, 0.1) is 0 Å². The largest absolute Gasteiger partial charge is 0.338 e. The maximum atomic E-state index is 8.29. The fourth-order valence-electron chi connectivity index (χ4n) is 2.17. The lowest BCUT2D eigenvalue weighted by Gasteiger charge is -1.97. The maximum Gasteiger partial charge on any atom is 0.138 e. The van der Waals surface area contributed by atoms with E-state index in [1.807, 2.05) is 42.5 Å². The van der Waals surface area contributed by atoms with E-state index in [0.29, 0.717) is 6.54 Å². The van der Waals surface area contributed by atoms with Crippen LogP contribution in [-0.4, -0.2) is 16.5 Å². The summed E-state index contributed by atoms with van der Waals surface area (Å²) < 4.78 is 0.